The van der Waals surface area contributed by atoms with E-state index in [1.54, 1.807) is 0 Å². The monoisotopic (exact) mass is 265 g/mol. The van der Waals surface area contributed by atoms with Gasteiger partial charge in [0, 0.05) is 23.1 Å². The number of benzene rings is 1. The van der Waals surface area contributed by atoms with E-state index >= 15 is 0 Å². The van der Waals surface area contributed by atoms with Crippen LogP contribution in [0.2, 0.25) is 0 Å². The van der Waals surface area contributed by atoms with E-state index in [0.29, 0.717) is 5.92 Å². The fourth-order valence-electron chi connectivity index (χ4n) is 2.48. The van der Waals surface area contributed by atoms with Crippen molar-refractivity contribution in [3.63, 3.8) is 0 Å². The number of hydrogen-bond donors (Lipinski definition) is 1. The van der Waals surface area contributed by atoms with Crippen LogP contribution < -0.4 is 5.73 Å². The molecule has 102 valence electrons. The molecule has 2 aromatic heterocycles. The van der Waals surface area contributed by atoms with Gasteiger partial charge in [-0.15, -0.1) is 0 Å². The molecule has 0 aliphatic heterocycles. The summed E-state index contributed by atoms with van der Waals surface area (Å²) in [6, 6.07) is 12.5. The predicted octanol–water partition coefficient (Wildman–Crippen LogP) is 4.02. The summed E-state index contributed by atoms with van der Waals surface area (Å²) in [6.45, 7) is 6.48. The van der Waals surface area contributed by atoms with Crippen LogP contribution in [0.5, 0.6) is 0 Å². The van der Waals surface area contributed by atoms with Crippen molar-refractivity contribution in [1.82, 2.24) is 9.38 Å². The Morgan fingerprint density at radius 1 is 1.05 bits per heavy atom. The second-order valence-corrected chi connectivity index (χ2v) is 5.51. The van der Waals surface area contributed by atoms with Crippen LogP contribution in [0, 0.1) is 6.92 Å². The predicted molar refractivity (Wildman–Crippen MR) is 83.9 cm³/mol. The minimum Gasteiger partial charge on any atom is -0.398 e. The molecule has 20 heavy (non-hydrogen) atoms. The Morgan fingerprint density at radius 2 is 1.75 bits per heavy atom. The van der Waals surface area contributed by atoms with E-state index in [-0.39, 0.29) is 0 Å². The molecule has 0 saturated carbocycles. The van der Waals surface area contributed by atoms with E-state index < -0.39 is 0 Å². The molecule has 3 nitrogen and oxygen atoms in total. The van der Waals surface area contributed by atoms with Gasteiger partial charge in [0.2, 0.25) is 0 Å². The summed E-state index contributed by atoms with van der Waals surface area (Å²) in [7, 11) is 0. The van der Waals surface area contributed by atoms with Crippen LogP contribution in [0.3, 0.4) is 0 Å². The first-order chi connectivity index (χ1) is 9.56. The number of nitrogen functional groups attached to an aromatic ring is 1. The third-order valence-electron chi connectivity index (χ3n) is 3.73. The number of fused-ring (bicyclic) bond motifs is 1. The average Bonchev–Trinajstić information content (AvgIpc) is 2.76. The van der Waals surface area contributed by atoms with Gasteiger partial charge in [-0.3, -0.25) is 0 Å². The topological polar surface area (TPSA) is 43.3 Å². The smallest absolute Gasteiger partial charge is 0.137 e. The molecule has 3 aromatic rings. The highest BCUT2D eigenvalue weighted by molar-refractivity contribution is 5.67. The number of rotatable bonds is 2. The quantitative estimate of drug-likeness (QED) is 0.760. The molecule has 0 atom stereocenters. The lowest BCUT2D eigenvalue weighted by Gasteiger charge is -2.06. The molecule has 0 aliphatic rings. The molecule has 2 N–H and O–H groups in total. The highest BCUT2D eigenvalue weighted by Gasteiger charge is 2.10. The van der Waals surface area contributed by atoms with Crippen LogP contribution in [0.4, 0.5) is 5.69 Å². The van der Waals surface area contributed by atoms with Gasteiger partial charge >= 0.3 is 0 Å². The zero-order valence-corrected chi connectivity index (χ0v) is 12.1. The van der Waals surface area contributed by atoms with Gasteiger partial charge in [0.25, 0.3) is 0 Å². The minimum atomic E-state index is 0.547. The van der Waals surface area contributed by atoms with E-state index in [2.05, 4.69) is 45.0 Å². The summed E-state index contributed by atoms with van der Waals surface area (Å²) in [5.74, 6) is 0.547. The maximum Gasteiger partial charge on any atom is 0.137 e. The van der Waals surface area contributed by atoms with Gasteiger partial charge < -0.3 is 10.1 Å². The minimum absolute atomic E-state index is 0.547. The number of anilines is 1. The molecule has 1 aromatic carbocycles. The first-order valence-corrected chi connectivity index (χ1v) is 6.91. The molecular weight excluding hydrogens is 246 g/mol. The first kappa shape index (κ1) is 12.7. The van der Waals surface area contributed by atoms with E-state index in [9.17, 15) is 0 Å². The largest absolute Gasteiger partial charge is 0.398 e. The third-order valence-corrected chi connectivity index (χ3v) is 3.73. The van der Waals surface area contributed by atoms with Crippen molar-refractivity contribution in [2.45, 2.75) is 26.7 Å². The number of nitrogens with zero attached hydrogens (tertiary/aromatic N) is 2. The Balaban J connectivity index is 2.12. The molecule has 0 aliphatic carbocycles. The summed E-state index contributed by atoms with van der Waals surface area (Å²) in [4.78, 5) is 4.71. The Hall–Kier alpha value is -2.29. The molecule has 0 bridgehead atoms. The van der Waals surface area contributed by atoms with Crippen molar-refractivity contribution in [2.75, 3.05) is 5.73 Å². The van der Waals surface area contributed by atoms with E-state index in [1.807, 2.05) is 22.7 Å². The number of aromatic nitrogens is 2. The van der Waals surface area contributed by atoms with Crippen molar-refractivity contribution in [3.05, 3.63) is 53.9 Å². The number of hydrogen-bond acceptors (Lipinski definition) is 2. The molecule has 3 heteroatoms. The number of pyridine rings is 1. The van der Waals surface area contributed by atoms with E-state index in [4.69, 9.17) is 10.7 Å². The van der Waals surface area contributed by atoms with Crippen LogP contribution in [-0.2, 0) is 0 Å². The van der Waals surface area contributed by atoms with Crippen molar-refractivity contribution in [2.24, 2.45) is 0 Å². The van der Waals surface area contributed by atoms with Crippen LogP contribution in [0.25, 0.3) is 16.9 Å². The fraction of sp³-hybridized carbons (Fsp3) is 0.235. The van der Waals surface area contributed by atoms with Crippen molar-refractivity contribution < 1.29 is 0 Å². The summed E-state index contributed by atoms with van der Waals surface area (Å²) in [6.07, 6.45) is 1.92. The summed E-state index contributed by atoms with van der Waals surface area (Å²) in [5, 5.41) is 0. The lowest BCUT2D eigenvalue weighted by molar-refractivity contribution is 0.867. The maximum atomic E-state index is 5.85. The molecule has 0 amide bonds. The summed E-state index contributed by atoms with van der Waals surface area (Å²) in [5.41, 5.74) is 12.2. The molecule has 0 radical (unpaired) electrons. The maximum absolute atomic E-state index is 5.85. The lowest BCUT2D eigenvalue weighted by atomic mass is 10.0. The van der Waals surface area contributed by atoms with Gasteiger partial charge in [-0.25, -0.2) is 4.98 Å². The second-order valence-electron chi connectivity index (χ2n) is 5.51. The van der Waals surface area contributed by atoms with E-state index in [1.165, 1.54) is 5.56 Å². The molecular formula is C17H19N3. The second kappa shape index (κ2) is 4.67. The first-order valence-electron chi connectivity index (χ1n) is 6.91. The van der Waals surface area contributed by atoms with Gasteiger partial charge in [0.05, 0.1) is 5.69 Å². The molecule has 2 heterocycles. The van der Waals surface area contributed by atoms with Crippen LogP contribution in [0.15, 0.2) is 42.6 Å². The number of aryl methyl sites for hydroxylation is 1. The van der Waals surface area contributed by atoms with Gasteiger partial charge in [-0.1, -0.05) is 38.1 Å². The van der Waals surface area contributed by atoms with Gasteiger partial charge in [0.15, 0.2) is 0 Å². The SMILES string of the molecule is Cc1c(-c2ccc(C(C)C)cc2)nc2ccc(N)cn12. The third kappa shape index (κ3) is 2.05. The average molecular weight is 265 g/mol. The Labute approximate surface area is 119 Å². The standard InChI is InChI=1S/C17H19N3/c1-11(2)13-4-6-14(7-5-13)17-12(3)20-10-15(18)8-9-16(20)19-17/h4-11H,18H2,1-3H3. The van der Waals surface area contributed by atoms with Crippen molar-refractivity contribution >= 4 is 11.3 Å². The van der Waals surface area contributed by atoms with Crippen molar-refractivity contribution in [1.29, 1.82) is 0 Å². The van der Waals surface area contributed by atoms with Crippen LogP contribution >= 0.6 is 0 Å². The van der Waals surface area contributed by atoms with Gasteiger partial charge in [0.1, 0.15) is 5.65 Å². The zero-order chi connectivity index (χ0) is 14.3. The Morgan fingerprint density at radius 3 is 2.40 bits per heavy atom. The molecule has 3 rings (SSSR count). The molecule has 0 unspecified atom stereocenters. The number of imidazole rings is 1. The highest BCUT2D eigenvalue weighted by atomic mass is 15.0. The molecule has 0 spiro atoms. The lowest BCUT2D eigenvalue weighted by Crippen LogP contribution is -1.92. The fourth-order valence-corrected chi connectivity index (χ4v) is 2.48. The van der Waals surface area contributed by atoms with Gasteiger partial charge in [-0.2, -0.15) is 0 Å². The molecule has 0 fully saturated rings. The van der Waals surface area contributed by atoms with Crippen molar-refractivity contribution in [3.8, 4) is 11.3 Å². The Kier molecular flexibility index (Phi) is 2.97. The normalized spacial score (nSPS) is 11.4. The Bertz CT molecular complexity index is 752. The highest BCUT2D eigenvalue weighted by Crippen LogP contribution is 2.26. The number of nitrogens with two attached hydrogens (primary N) is 1. The summed E-state index contributed by atoms with van der Waals surface area (Å²) >= 11 is 0. The van der Waals surface area contributed by atoms with Crippen LogP contribution in [0.1, 0.15) is 31.0 Å². The van der Waals surface area contributed by atoms with Crippen LogP contribution in [-0.4, -0.2) is 9.38 Å². The zero-order valence-electron chi connectivity index (χ0n) is 12.1. The van der Waals surface area contributed by atoms with E-state index in [0.717, 1.165) is 28.3 Å². The molecule has 0 saturated heterocycles. The summed E-state index contributed by atoms with van der Waals surface area (Å²) < 4.78 is 2.04. The van der Waals surface area contributed by atoms with Gasteiger partial charge in [-0.05, 0) is 30.5 Å².